The first-order valence-electron chi connectivity index (χ1n) is 7.17. The second-order valence-corrected chi connectivity index (χ2v) is 7.77. The minimum atomic E-state index is 0. The van der Waals surface area contributed by atoms with E-state index < -0.39 is 0 Å². The highest BCUT2D eigenvalue weighted by atomic mass is 127. The van der Waals surface area contributed by atoms with Crippen molar-refractivity contribution in [3.63, 3.8) is 0 Å². The van der Waals surface area contributed by atoms with E-state index in [9.17, 15) is 5.11 Å². The molecule has 0 bridgehead atoms. The average molecular weight is 573 g/mol. The van der Waals surface area contributed by atoms with Gasteiger partial charge in [0.2, 0.25) is 0 Å². The van der Waals surface area contributed by atoms with Crippen LogP contribution in [-0.2, 0) is 0 Å². The minimum Gasteiger partial charge on any atom is -0.506 e. The van der Waals surface area contributed by atoms with E-state index in [1.165, 1.54) is 12.0 Å². The maximum absolute atomic E-state index is 9.98. The second kappa shape index (κ2) is 10.8. The van der Waals surface area contributed by atoms with Gasteiger partial charge in [-0.1, -0.05) is 20.3 Å². The number of hydrogen-bond donors (Lipinski definition) is 2. The fraction of sp³-hybridized carbons (Fsp3) is 0.600. The Labute approximate surface area is 173 Å². The Balaban J connectivity index is 0.00000220. The molecule has 1 aromatic carbocycles. The molecule has 0 spiro atoms. The van der Waals surface area contributed by atoms with Crippen LogP contribution in [0.3, 0.4) is 0 Å². The number of halogens is 4. The van der Waals surface area contributed by atoms with Crippen molar-refractivity contribution >= 4 is 70.0 Å². The van der Waals surface area contributed by atoms with Crippen LogP contribution in [0.2, 0.25) is 0 Å². The van der Waals surface area contributed by atoms with E-state index in [2.05, 4.69) is 81.4 Å². The third-order valence-corrected chi connectivity index (χ3v) is 5.75. The van der Waals surface area contributed by atoms with Crippen LogP contribution in [-0.4, -0.2) is 36.2 Å². The number of piperazine rings is 1. The standard InChI is InChI=1S/C15H22I2N2O.2ClH/c1-3-10(2)14(19-6-4-18-5-7-19)11-8-12(16)15(20)13(17)9-11;;/h8-10,14,18,20H,3-7H2,1-2H3;2*1H/t10?,14-;;/m1../s1. The summed E-state index contributed by atoms with van der Waals surface area (Å²) in [5.74, 6) is 1.03. The number of aromatic hydroxyl groups is 1. The summed E-state index contributed by atoms with van der Waals surface area (Å²) in [6.45, 7) is 8.93. The summed E-state index contributed by atoms with van der Waals surface area (Å²) >= 11 is 4.46. The molecule has 128 valence electrons. The van der Waals surface area contributed by atoms with E-state index in [0.29, 0.717) is 17.7 Å². The smallest absolute Gasteiger partial charge is 0.142 e. The van der Waals surface area contributed by atoms with Crippen molar-refractivity contribution < 1.29 is 5.11 Å². The second-order valence-electron chi connectivity index (χ2n) is 5.45. The summed E-state index contributed by atoms with van der Waals surface area (Å²) in [5.41, 5.74) is 1.34. The molecule has 0 amide bonds. The quantitative estimate of drug-likeness (QED) is 0.524. The molecule has 1 aliphatic heterocycles. The number of nitrogens with zero attached hydrogens (tertiary/aromatic N) is 1. The van der Waals surface area contributed by atoms with Gasteiger partial charge in [-0.15, -0.1) is 24.8 Å². The fourth-order valence-corrected chi connectivity index (χ4v) is 4.65. The molecule has 7 heteroatoms. The molecule has 1 fully saturated rings. The molecule has 1 saturated heterocycles. The van der Waals surface area contributed by atoms with Crippen molar-refractivity contribution in [2.45, 2.75) is 26.3 Å². The van der Waals surface area contributed by atoms with Crippen LogP contribution in [0.15, 0.2) is 12.1 Å². The van der Waals surface area contributed by atoms with Gasteiger partial charge in [0, 0.05) is 32.2 Å². The number of hydrogen-bond acceptors (Lipinski definition) is 3. The lowest BCUT2D eigenvalue weighted by Crippen LogP contribution is -2.46. The van der Waals surface area contributed by atoms with Gasteiger partial charge in [0.25, 0.3) is 0 Å². The summed E-state index contributed by atoms with van der Waals surface area (Å²) in [6.07, 6.45) is 1.17. The third-order valence-electron chi connectivity index (χ3n) is 4.11. The van der Waals surface area contributed by atoms with Gasteiger partial charge >= 0.3 is 0 Å². The van der Waals surface area contributed by atoms with Crippen molar-refractivity contribution in [3.05, 3.63) is 24.8 Å². The van der Waals surface area contributed by atoms with Crippen LogP contribution in [0.5, 0.6) is 5.75 Å². The zero-order valence-electron chi connectivity index (χ0n) is 12.8. The van der Waals surface area contributed by atoms with Crippen LogP contribution < -0.4 is 5.32 Å². The van der Waals surface area contributed by atoms with E-state index in [-0.39, 0.29) is 24.8 Å². The fourth-order valence-electron chi connectivity index (χ4n) is 2.84. The Kier molecular flexibility index (Phi) is 11.2. The topological polar surface area (TPSA) is 35.5 Å². The number of benzene rings is 1. The first-order chi connectivity index (χ1) is 9.54. The lowest BCUT2D eigenvalue weighted by Gasteiger charge is -2.38. The molecule has 22 heavy (non-hydrogen) atoms. The van der Waals surface area contributed by atoms with Crippen molar-refractivity contribution in [2.24, 2.45) is 5.92 Å². The van der Waals surface area contributed by atoms with Crippen molar-refractivity contribution in [1.29, 1.82) is 0 Å². The van der Waals surface area contributed by atoms with Crippen LogP contribution >= 0.6 is 70.0 Å². The molecule has 0 saturated carbocycles. The molecule has 2 N–H and O–H groups in total. The predicted molar refractivity (Wildman–Crippen MR) is 115 cm³/mol. The normalized spacial score (nSPS) is 18.0. The van der Waals surface area contributed by atoms with Gasteiger partial charge in [0.05, 0.1) is 7.14 Å². The minimum absolute atomic E-state index is 0. The molecule has 1 heterocycles. The molecule has 1 unspecified atom stereocenters. The van der Waals surface area contributed by atoms with Gasteiger partial charge < -0.3 is 10.4 Å². The van der Waals surface area contributed by atoms with Gasteiger partial charge in [-0.05, 0) is 68.8 Å². The summed E-state index contributed by atoms with van der Waals surface area (Å²) < 4.78 is 1.90. The Hall–Kier alpha value is 0.980. The maximum atomic E-state index is 9.98. The van der Waals surface area contributed by atoms with E-state index in [1.807, 2.05) is 0 Å². The maximum Gasteiger partial charge on any atom is 0.142 e. The molecule has 1 aliphatic rings. The molecule has 1 aromatic rings. The van der Waals surface area contributed by atoms with Crippen LogP contribution in [0, 0.1) is 13.1 Å². The van der Waals surface area contributed by atoms with Crippen LogP contribution in [0.4, 0.5) is 0 Å². The largest absolute Gasteiger partial charge is 0.506 e. The van der Waals surface area contributed by atoms with E-state index >= 15 is 0 Å². The van der Waals surface area contributed by atoms with Crippen LogP contribution in [0.1, 0.15) is 31.9 Å². The molecule has 2 rings (SSSR count). The van der Waals surface area contributed by atoms with E-state index in [4.69, 9.17) is 0 Å². The molecular weight excluding hydrogens is 549 g/mol. The highest BCUT2D eigenvalue weighted by molar-refractivity contribution is 14.1. The summed E-state index contributed by atoms with van der Waals surface area (Å²) in [5, 5.41) is 13.4. The first-order valence-corrected chi connectivity index (χ1v) is 9.33. The van der Waals surface area contributed by atoms with Gasteiger partial charge in [0.15, 0.2) is 0 Å². The number of rotatable bonds is 4. The molecular formula is C15H24Cl2I2N2O. The SMILES string of the molecule is CCC(C)[C@H](c1cc(I)c(O)c(I)c1)N1CCNCC1.Cl.Cl. The lowest BCUT2D eigenvalue weighted by molar-refractivity contribution is 0.128. The van der Waals surface area contributed by atoms with Gasteiger partial charge in [-0.3, -0.25) is 4.90 Å². The number of phenols is 1. The summed E-state index contributed by atoms with van der Waals surface area (Å²) in [4.78, 5) is 2.59. The molecule has 0 radical (unpaired) electrons. The summed E-state index contributed by atoms with van der Waals surface area (Å²) in [7, 11) is 0. The van der Waals surface area contributed by atoms with Gasteiger partial charge in [0.1, 0.15) is 5.75 Å². The number of nitrogens with one attached hydrogen (secondary N) is 1. The molecule has 2 atom stereocenters. The zero-order chi connectivity index (χ0) is 14.7. The molecule has 0 aliphatic carbocycles. The monoisotopic (exact) mass is 572 g/mol. The molecule has 3 nitrogen and oxygen atoms in total. The Morgan fingerprint density at radius 1 is 1.18 bits per heavy atom. The van der Waals surface area contributed by atoms with Gasteiger partial charge in [-0.2, -0.15) is 0 Å². The van der Waals surface area contributed by atoms with E-state index in [0.717, 1.165) is 33.3 Å². The highest BCUT2D eigenvalue weighted by Gasteiger charge is 2.27. The molecule has 0 aromatic heterocycles. The Morgan fingerprint density at radius 2 is 1.68 bits per heavy atom. The van der Waals surface area contributed by atoms with Gasteiger partial charge in [-0.25, -0.2) is 0 Å². The third kappa shape index (κ3) is 5.51. The lowest BCUT2D eigenvalue weighted by atomic mass is 9.90. The Bertz CT molecular complexity index is 448. The zero-order valence-corrected chi connectivity index (χ0v) is 18.8. The van der Waals surface area contributed by atoms with Crippen molar-refractivity contribution in [3.8, 4) is 5.75 Å². The highest BCUT2D eigenvalue weighted by Crippen LogP contribution is 2.36. The summed E-state index contributed by atoms with van der Waals surface area (Å²) in [6, 6.07) is 4.75. The first kappa shape index (κ1) is 23.0. The van der Waals surface area contributed by atoms with E-state index in [1.54, 1.807) is 0 Å². The number of phenolic OH excluding ortho intramolecular Hbond substituents is 1. The van der Waals surface area contributed by atoms with Crippen molar-refractivity contribution in [2.75, 3.05) is 26.2 Å². The van der Waals surface area contributed by atoms with Crippen LogP contribution in [0.25, 0.3) is 0 Å². The predicted octanol–water partition coefficient (Wildman–Crippen LogP) is 4.44. The van der Waals surface area contributed by atoms with Crippen molar-refractivity contribution in [1.82, 2.24) is 10.2 Å². The Morgan fingerprint density at radius 3 is 2.14 bits per heavy atom. The average Bonchev–Trinajstić information content (AvgIpc) is 2.46.